The molecule has 114 valence electrons. The number of fused-ring (bicyclic) bond motifs is 1. The highest BCUT2D eigenvalue weighted by Crippen LogP contribution is 2.33. The van der Waals surface area contributed by atoms with Crippen LogP contribution in [0.4, 0.5) is 5.82 Å². The lowest BCUT2D eigenvalue weighted by Gasteiger charge is -2.17. The summed E-state index contributed by atoms with van der Waals surface area (Å²) in [6.45, 7) is 1.50. The third-order valence-corrected chi connectivity index (χ3v) is 3.62. The van der Waals surface area contributed by atoms with Crippen molar-refractivity contribution in [2.24, 2.45) is 0 Å². The monoisotopic (exact) mass is 295 g/mol. The fourth-order valence-electron chi connectivity index (χ4n) is 2.54. The van der Waals surface area contributed by atoms with E-state index in [1.165, 1.54) is 24.1 Å². The number of ether oxygens (including phenoxy) is 1. The summed E-state index contributed by atoms with van der Waals surface area (Å²) in [6.07, 6.45) is -2.18. The minimum Gasteiger partial charge on any atom is -0.391 e. The summed E-state index contributed by atoms with van der Waals surface area (Å²) in [5.74, 6) is 0.555. The number of aliphatic hydroxyl groups is 3. The van der Waals surface area contributed by atoms with Crippen molar-refractivity contribution < 1.29 is 20.1 Å². The molecule has 0 saturated carbocycles. The van der Waals surface area contributed by atoms with Crippen LogP contribution < -0.4 is 5.32 Å². The van der Waals surface area contributed by atoms with E-state index in [4.69, 9.17) is 4.74 Å². The Balaban J connectivity index is 2.02. The van der Waals surface area contributed by atoms with Gasteiger partial charge in [0.25, 0.3) is 0 Å². The molecule has 0 spiro atoms. The molecule has 1 fully saturated rings. The molecule has 3 heterocycles. The van der Waals surface area contributed by atoms with E-state index >= 15 is 0 Å². The van der Waals surface area contributed by atoms with E-state index in [1.54, 1.807) is 7.05 Å². The minimum atomic E-state index is -1.19. The number of aliphatic hydroxyl groups excluding tert-OH is 3. The fraction of sp³-hybridized carbons (Fsp3) is 0.583. The smallest absolute Gasteiger partial charge is 0.167 e. The second-order valence-electron chi connectivity index (χ2n) is 5.01. The number of hydrogen-bond acceptors (Lipinski definition) is 8. The van der Waals surface area contributed by atoms with Gasteiger partial charge in [-0.3, -0.25) is 4.57 Å². The summed E-state index contributed by atoms with van der Waals surface area (Å²) in [4.78, 5) is 12.4. The summed E-state index contributed by atoms with van der Waals surface area (Å²) >= 11 is 0. The van der Waals surface area contributed by atoms with Crippen molar-refractivity contribution in [3.8, 4) is 0 Å². The van der Waals surface area contributed by atoms with Gasteiger partial charge >= 0.3 is 0 Å². The van der Waals surface area contributed by atoms with Crippen molar-refractivity contribution in [3.63, 3.8) is 0 Å². The van der Waals surface area contributed by atoms with Crippen LogP contribution in [0.5, 0.6) is 0 Å². The average Bonchev–Trinajstić information content (AvgIpc) is 3.01. The van der Waals surface area contributed by atoms with Gasteiger partial charge in [-0.25, -0.2) is 15.0 Å². The van der Waals surface area contributed by atoms with Gasteiger partial charge in [-0.1, -0.05) is 0 Å². The van der Waals surface area contributed by atoms with E-state index in [2.05, 4.69) is 20.3 Å². The lowest BCUT2D eigenvalue weighted by molar-refractivity contribution is -0.0777. The highest BCUT2D eigenvalue weighted by molar-refractivity contribution is 5.82. The minimum absolute atomic E-state index is 0.469. The maximum atomic E-state index is 10.1. The maximum absolute atomic E-state index is 10.1. The summed E-state index contributed by atoms with van der Waals surface area (Å²) in [7, 11) is 1.72. The van der Waals surface area contributed by atoms with Crippen LogP contribution in [-0.4, -0.2) is 66.3 Å². The molecule has 1 saturated heterocycles. The Hall–Kier alpha value is -1.81. The van der Waals surface area contributed by atoms with Gasteiger partial charge in [0.15, 0.2) is 17.7 Å². The Labute approximate surface area is 120 Å². The molecule has 2 aromatic rings. The molecule has 5 atom stereocenters. The first-order chi connectivity index (χ1) is 10.0. The molecule has 0 amide bonds. The number of hydrogen-bond donors (Lipinski definition) is 4. The molecule has 0 aromatic carbocycles. The van der Waals surface area contributed by atoms with E-state index in [0.717, 1.165) is 0 Å². The van der Waals surface area contributed by atoms with Crippen LogP contribution in [0.25, 0.3) is 11.2 Å². The number of anilines is 1. The third-order valence-electron chi connectivity index (χ3n) is 3.62. The predicted octanol–water partition coefficient (Wildman–Crippen LogP) is -1.13. The highest BCUT2D eigenvalue weighted by atomic mass is 16.6. The number of nitrogens with zero attached hydrogens (tertiary/aromatic N) is 4. The molecule has 9 nitrogen and oxygen atoms in total. The summed E-state index contributed by atoms with van der Waals surface area (Å²) in [6, 6.07) is 0. The van der Waals surface area contributed by atoms with E-state index in [1.807, 2.05) is 0 Å². The van der Waals surface area contributed by atoms with Gasteiger partial charge in [0.1, 0.15) is 30.2 Å². The predicted molar refractivity (Wildman–Crippen MR) is 72.5 cm³/mol. The molecule has 0 aliphatic carbocycles. The van der Waals surface area contributed by atoms with Crippen molar-refractivity contribution in [1.29, 1.82) is 0 Å². The van der Waals surface area contributed by atoms with Gasteiger partial charge in [0.2, 0.25) is 0 Å². The SMILES string of the molecule is CNc1ncnc2c1ncn2[C@@H]1O[C@H]([C@@H](C)O)C(O)[C@@H]1O. The van der Waals surface area contributed by atoms with Crippen molar-refractivity contribution >= 4 is 17.0 Å². The van der Waals surface area contributed by atoms with Gasteiger partial charge in [-0.2, -0.15) is 0 Å². The number of imidazole rings is 1. The maximum Gasteiger partial charge on any atom is 0.167 e. The van der Waals surface area contributed by atoms with Gasteiger partial charge in [0, 0.05) is 7.05 Å². The van der Waals surface area contributed by atoms with Gasteiger partial charge in [0.05, 0.1) is 12.4 Å². The standard InChI is InChI=1S/C12H17N5O4/c1-5(18)9-7(19)8(20)12(21-9)17-4-16-6-10(13-2)14-3-15-11(6)17/h3-5,7-9,12,18-20H,1-2H3,(H,13,14,15)/t5-,7?,8+,9-,12-/m1/s1. The molecule has 0 radical (unpaired) electrons. The zero-order valence-corrected chi connectivity index (χ0v) is 11.6. The molecule has 3 rings (SSSR count). The molecular formula is C12H17N5O4. The van der Waals surface area contributed by atoms with Crippen LogP contribution in [0.3, 0.4) is 0 Å². The van der Waals surface area contributed by atoms with Crippen LogP contribution in [0.15, 0.2) is 12.7 Å². The van der Waals surface area contributed by atoms with Crippen LogP contribution in [0.1, 0.15) is 13.2 Å². The normalized spacial score (nSPS) is 30.7. The van der Waals surface area contributed by atoms with Gasteiger partial charge < -0.3 is 25.4 Å². The topological polar surface area (TPSA) is 126 Å². The van der Waals surface area contributed by atoms with Crippen molar-refractivity contribution in [2.75, 3.05) is 12.4 Å². The summed E-state index contributed by atoms with van der Waals surface area (Å²) in [5, 5.41) is 32.6. The van der Waals surface area contributed by atoms with Crippen molar-refractivity contribution in [3.05, 3.63) is 12.7 Å². The molecule has 9 heteroatoms. The second-order valence-corrected chi connectivity index (χ2v) is 5.01. The van der Waals surface area contributed by atoms with Crippen LogP contribution in [0.2, 0.25) is 0 Å². The first-order valence-corrected chi connectivity index (χ1v) is 6.59. The van der Waals surface area contributed by atoms with Crippen LogP contribution >= 0.6 is 0 Å². The van der Waals surface area contributed by atoms with E-state index in [9.17, 15) is 15.3 Å². The molecule has 1 aliphatic heterocycles. The lowest BCUT2D eigenvalue weighted by atomic mass is 10.1. The fourth-order valence-corrected chi connectivity index (χ4v) is 2.54. The van der Waals surface area contributed by atoms with Gasteiger partial charge in [-0.05, 0) is 6.92 Å². The van der Waals surface area contributed by atoms with Crippen molar-refractivity contribution in [1.82, 2.24) is 19.5 Å². The first-order valence-electron chi connectivity index (χ1n) is 6.59. The largest absolute Gasteiger partial charge is 0.391 e. The Kier molecular flexibility index (Phi) is 3.49. The zero-order valence-electron chi connectivity index (χ0n) is 11.6. The van der Waals surface area contributed by atoms with Crippen molar-refractivity contribution in [2.45, 2.75) is 37.6 Å². The molecule has 0 bridgehead atoms. The van der Waals surface area contributed by atoms with E-state index < -0.39 is 30.6 Å². The number of rotatable bonds is 3. The Bertz CT molecular complexity index is 646. The Morgan fingerprint density at radius 3 is 2.67 bits per heavy atom. The zero-order chi connectivity index (χ0) is 15.1. The number of aromatic nitrogens is 4. The second kappa shape index (κ2) is 5.19. The number of nitrogens with one attached hydrogen (secondary N) is 1. The van der Waals surface area contributed by atoms with Crippen LogP contribution in [0, 0.1) is 0 Å². The lowest BCUT2D eigenvalue weighted by Crippen LogP contribution is -2.37. The summed E-state index contributed by atoms with van der Waals surface area (Å²) < 4.78 is 7.09. The summed E-state index contributed by atoms with van der Waals surface area (Å²) in [5.41, 5.74) is 1.00. The molecule has 4 N–H and O–H groups in total. The molecule has 21 heavy (non-hydrogen) atoms. The Morgan fingerprint density at radius 2 is 2.05 bits per heavy atom. The molecular weight excluding hydrogens is 278 g/mol. The molecule has 1 aliphatic rings. The van der Waals surface area contributed by atoms with Crippen LogP contribution in [-0.2, 0) is 4.74 Å². The van der Waals surface area contributed by atoms with E-state index in [-0.39, 0.29) is 0 Å². The van der Waals surface area contributed by atoms with E-state index in [0.29, 0.717) is 17.0 Å². The average molecular weight is 295 g/mol. The quantitative estimate of drug-likeness (QED) is 0.560. The van der Waals surface area contributed by atoms with Gasteiger partial charge in [-0.15, -0.1) is 0 Å². The molecule has 1 unspecified atom stereocenters. The third kappa shape index (κ3) is 2.14. The molecule has 2 aromatic heterocycles. The first kappa shape index (κ1) is 14.1. The highest BCUT2D eigenvalue weighted by Gasteiger charge is 2.46. The Morgan fingerprint density at radius 1 is 1.29 bits per heavy atom.